The van der Waals surface area contributed by atoms with Gasteiger partial charge < -0.3 is 10.5 Å². The van der Waals surface area contributed by atoms with E-state index in [2.05, 4.69) is 0 Å². The summed E-state index contributed by atoms with van der Waals surface area (Å²) in [5.41, 5.74) is 8.29. The zero-order chi connectivity index (χ0) is 14.3. The second kappa shape index (κ2) is 4.87. The molecule has 0 saturated carbocycles. The number of ether oxygens (including phenoxy) is 1. The Balaban J connectivity index is 2.22. The first-order valence-electron chi connectivity index (χ1n) is 6.55. The summed E-state index contributed by atoms with van der Waals surface area (Å²) < 4.78 is 33.4. The maximum Gasteiger partial charge on any atom is 0.165 e. The summed E-state index contributed by atoms with van der Waals surface area (Å²) in [5.74, 6) is -1.25. The Morgan fingerprint density at radius 3 is 2.70 bits per heavy atom. The summed E-state index contributed by atoms with van der Waals surface area (Å²) in [6.45, 7) is 2.21. The molecule has 0 fully saturated rings. The fourth-order valence-electron chi connectivity index (χ4n) is 2.62. The van der Waals surface area contributed by atoms with Crippen molar-refractivity contribution in [2.45, 2.75) is 19.4 Å². The highest BCUT2D eigenvalue weighted by atomic mass is 19.2. The molecule has 2 aromatic carbocycles. The molecular weight excluding hydrogens is 260 g/mol. The molecule has 0 aromatic heterocycles. The van der Waals surface area contributed by atoms with E-state index < -0.39 is 11.6 Å². The lowest BCUT2D eigenvalue weighted by Crippen LogP contribution is -2.24. The van der Waals surface area contributed by atoms with Crippen LogP contribution >= 0.6 is 0 Å². The lowest BCUT2D eigenvalue weighted by Gasteiger charge is -2.13. The Labute approximate surface area is 116 Å². The Kier molecular flexibility index (Phi) is 3.18. The Bertz CT molecular complexity index is 670. The molecule has 3 rings (SSSR count). The molecular formula is C16H15F2NO. The van der Waals surface area contributed by atoms with Crippen LogP contribution in [0.2, 0.25) is 0 Å². The fraction of sp³-hybridized carbons (Fsp3) is 0.250. The Hall–Kier alpha value is -1.94. The van der Waals surface area contributed by atoms with Gasteiger partial charge in [0.2, 0.25) is 0 Å². The predicted octanol–water partition coefficient (Wildman–Crippen LogP) is 3.20. The van der Waals surface area contributed by atoms with E-state index in [0.29, 0.717) is 23.3 Å². The molecule has 0 unspecified atom stereocenters. The SMILES string of the molecule is Cc1ccccc1-c1cc(F)c(F)c2c1O[C@H](CN)C2. The van der Waals surface area contributed by atoms with Gasteiger partial charge in [-0.1, -0.05) is 24.3 Å². The van der Waals surface area contributed by atoms with Gasteiger partial charge in [0.25, 0.3) is 0 Å². The molecule has 0 radical (unpaired) electrons. The van der Waals surface area contributed by atoms with Gasteiger partial charge in [-0.2, -0.15) is 0 Å². The quantitative estimate of drug-likeness (QED) is 0.913. The van der Waals surface area contributed by atoms with E-state index in [-0.39, 0.29) is 12.6 Å². The van der Waals surface area contributed by atoms with Crippen molar-refractivity contribution in [1.29, 1.82) is 0 Å². The summed E-state index contributed by atoms with van der Waals surface area (Å²) >= 11 is 0. The zero-order valence-corrected chi connectivity index (χ0v) is 11.1. The molecule has 1 aliphatic rings. The summed E-state index contributed by atoms with van der Waals surface area (Å²) in [7, 11) is 0. The normalized spacial score (nSPS) is 16.9. The van der Waals surface area contributed by atoms with Crippen molar-refractivity contribution >= 4 is 0 Å². The van der Waals surface area contributed by atoms with E-state index in [0.717, 1.165) is 11.1 Å². The maximum absolute atomic E-state index is 13.9. The van der Waals surface area contributed by atoms with E-state index >= 15 is 0 Å². The fourth-order valence-corrected chi connectivity index (χ4v) is 2.62. The van der Waals surface area contributed by atoms with Crippen molar-refractivity contribution in [2.24, 2.45) is 5.73 Å². The van der Waals surface area contributed by atoms with E-state index in [1.165, 1.54) is 6.07 Å². The van der Waals surface area contributed by atoms with Crippen molar-refractivity contribution in [2.75, 3.05) is 6.54 Å². The molecule has 20 heavy (non-hydrogen) atoms. The van der Waals surface area contributed by atoms with Crippen LogP contribution < -0.4 is 10.5 Å². The van der Waals surface area contributed by atoms with Crippen molar-refractivity contribution in [1.82, 2.24) is 0 Å². The highest BCUT2D eigenvalue weighted by Gasteiger charge is 2.30. The van der Waals surface area contributed by atoms with Gasteiger partial charge in [-0.15, -0.1) is 0 Å². The number of fused-ring (bicyclic) bond motifs is 1. The third kappa shape index (κ3) is 1.96. The largest absolute Gasteiger partial charge is 0.488 e. The molecule has 1 heterocycles. The van der Waals surface area contributed by atoms with Crippen molar-refractivity contribution in [3.05, 3.63) is 53.1 Å². The molecule has 2 nitrogen and oxygen atoms in total. The molecule has 1 atom stereocenters. The molecule has 0 amide bonds. The zero-order valence-electron chi connectivity index (χ0n) is 11.1. The maximum atomic E-state index is 13.9. The standard InChI is InChI=1S/C16H15F2NO/c1-9-4-2-3-5-11(9)12-7-14(17)15(18)13-6-10(8-19)20-16(12)13/h2-5,7,10H,6,8,19H2,1H3/t10-/m0/s1. The van der Waals surface area contributed by atoms with Crippen LogP contribution in [0.5, 0.6) is 5.75 Å². The van der Waals surface area contributed by atoms with Crippen LogP contribution in [-0.4, -0.2) is 12.6 Å². The van der Waals surface area contributed by atoms with E-state index in [1.807, 2.05) is 31.2 Å². The molecule has 1 aliphatic heterocycles. The van der Waals surface area contributed by atoms with Crippen LogP contribution in [0.3, 0.4) is 0 Å². The summed E-state index contributed by atoms with van der Waals surface area (Å²) in [6.07, 6.45) is 0.0259. The summed E-state index contributed by atoms with van der Waals surface area (Å²) in [5, 5.41) is 0. The van der Waals surface area contributed by atoms with Gasteiger partial charge in [-0.3, -0.25) is 0 Å². The van der Waals surface area contributed by atoms with Gasteiger partial charge in [0, 0.05) is 24.1 Å². The molecule has 0 spiro atoms. The van der Waals surface area contributed by atoms with E-state index in [4.69, 9.17) is 10.5 Å². The van der Waals surface area contributed by atoms with Gasteiger partial charge in [0.15, 0.2) is 11.6 Å². The molecule has 2 aromatic rings. The Morgan fingerprint density at radius 1 is 1.25 bits per heavy atom. The van der Waals surface area contributed by atoms with Crippen molar-refractivity contribution in [3.63, 3.8) is 0 Å². The van der Waals surface area contributed by atoms with Crippen LogP contribution in [0.25, 0.3) is 11.1 Å². The van der Waals surface area contributed by atoms with Gasteiger partial charge in [-0.05, 0) is 24.1 Å². The van der Waals surface area contributed by atoms with Crippen molar-refractivity contribution < 1.29 is 13.5 Å². The van der Waals surface area contributed by atoms with Crippen LogP contribution in [0.15, 0.2) is 30.3 Å². The Morgan fingerprint density at radius 2 is 2.00 bits per heavy atom. The first kappa shape index (κ1) is 13.1. The number of benzene rings is 2. The van der Waals surface area contributed by atoms with Gasteiger partial charge in [0.05, 0.1) is 0 Å². The smallest absolute Gasteiger partial charge is 0.165 e. The third-order valence-electron chi connectivity index (χ3n) is 3.68. The van der Waals surface area contributed by atoms with Crippen LogP contribution in [0.4, 0.5) is 8.78 Å². The van der Waals surface area contributed by atoms with Gasteiger partial charge >= 0.3 is 0 Å². The molecule has 0 saturated heterocycles. The van der Waals surface area contributed by atoms with Gasteiger partial charge in [0.1, 0.15) is 11.9 Å². The number of hydrogen-bond donors (Lipinski definition) is 1. The lowest BCUT2D eigenvalue weighted by molar-refractivity contribution is 0.242. The van der Waals surface area contributed by atoms with Crippen molar-refractivity contribution in [3.8, 4) is 16.9 Å². The molecule has 0 bridgehead atoms. The number of aryl methyl sites for hydroxylation is 1. The third-order valence-corrected chi connectivity index (χ3v) is 3.68. The molecule has 0 aliphatic carbocycles. The monoisotopic (exact) mass is 275 g/mol. The van der Waals surface area contributed by atoms with E-state index in [9.17, 15) is 8.78 Å². The molecule has 2 N–H and O–H groups in total. The first-order valence-corrected chi connectivity index (χ1v) is 6.55. The summed E-state index contributed by atoms with van der Waals surface area (Å²) in [6, 6.07) is 8.78. The average Bonchev–Trinajstić information content (AvgIpc) is 2.88. The lowest BCUT2D eigenvalue weighted by atomic mass is 9.96. The van der Waals surface area contributed by atoms with Gasteiger partial charge in [-0.25, -0.2) is 8.78 Å². The van der Waals surface area contributed by atoms with E-state index in [1.54, 1.807) is 0 Å². The minimum atomic E-state index is -0.844. The number of hydrogen-bond acceptors (Lipinski definition) is 2. The first-order chi connectivity index (χ1) is 9.61. The van der Waals surface area contributed by atoms with Crippen LogP contribution in [0.1, 0.15) is 11.1 Å². The number of halogens is 2. The second-order valence-corrected chi connectivity index (χ2v) is 5.02. The highest BCUT2D eigenvalue weighted by molar-refractivity contribution is 5.75. The summed E-state index contributed by atoms with van der Waals surface area (Å²) in [4.78, 5) is 0. The van der Waals surface area contributed by atoms with Crippen LogP contribution in [0, 0.1) is 18.6 Å². The number of nitrogens with two attached hydrogens (primary N) is 1. The minimum absolute atomic E-state index is 0.281. The molecule has 4 heteroatoms. The predicted molar refractivity (Wildman–Crippen MR) is 73.7 cm³/mol. The average molecular weight is 275 g/mol. The van der Waals surface area contributed by atoms with Crippen LogP contribution in [-0.2, 0) is 6.42 Å². The second-order valence-electron chi connectivity index (χ2n) is 5.02. The molecule has 104 valence electrons. The highest BCUT2D eigenvalue weighted by Crippen LogP contribution is 2.42. The number of rotatable bonds is 2. The topological polar surface area (TPSA) is 35.2 Å². The minimum Gasteiger partial charge on any atom is -0.488 e.